The third-order valence-corrected chi connectivity index (χ3v) is 2.87. The standard InChI is InChI=1S/C14H17NO5/c1-10(16)15(8-11-5-3-2-4-6-11)9-12(14(19)20)7-13(17)18/h2-6,12H,7-9H2,1H3,(H,17,18)(H,19,20)/t12-/m0/s1. The van der Waals surface area contributed by atoms with Gasteiger partial charge < -0.3 is 15.1 Å². The zero-order valence-corrected chi connectivity index (χ0v) is 11.2. The van der Waals surface area contributed by atoms with Gasteiger partial charge in [0.1, 0.15) is 0 Å². The molecule has 6 nitrogen and oxygen atoms in total. The summed E-state index contributed by atoms with van der Waals surface area (Å²) in [7, 11) is 0. The first kappa shape index (κ1) is 15.7. The molecule has 0 bridgehead atoms. The molecule has 1 aromatic rings. The molecule has 1 atom stereocenters. The summed E-state index contributed by atoms with van der Waals surface area (Å²) in [5.41, 5.74) is 0.863. The Balaban J connectivity index is 2.77. The fourth-order valence-corrected chi connectivity index (χ4v) is 1.82. The molecule has 0 unspecified atom stereocenters. The summed E-state index contributed by atoms with van der Waals surface area (Å²) in [4.78, 5) is 34.6. The van der Waals surface area contributed by atoms with Gasteiger partial charge in [-0.1, -0.05) is 30.3 Å². The van der Waals surface area contributed by atoms with Crippen molar-refractivity contribution in [2.45, 2.75) is 19.9 Å². The molecular formula is C14H17NO5. The van der Waals surface area contributed by atoms with Crippen molar-refractivity contribution < 1.29 is 24.6 Å². The van der Waals surface area contributed by atoms with Crippen molar-refractivity contribution in [3.8, 4) is 0 Å². The first-order valence-corrected chi connectivity index (χ1v) is 6.14. The fourth-order valence-electron chi connectivity index (χ4n) is 1.82. The zero-order chi connectivity index (χ0) is 15.1. The van der Waals surface area contributed by atoms with Crippen LogP contribution < -0.4 is 0 Å². The van der Waals surface area contributed by atoms with E-state index in [1.165, 1.54) is 11.8 Å². The van der Waals surface area contributed by atoms with Gasteiger partial charge in [0.2, 0.25) is 5.91 Å². The third kappa shape index (κ3) is 5.09. The van der Waals surface area contributed by atoms with Crippen LogP contribution in [0.15, 0.2) is 30.3 Å². The van der Waals surface area contributed by atoms with E-state index in [4.69, 9.17) is 10.2 Å². The Hall–Kier alpha value is -2.37. The number of rotatable bonds is 7. The summed E-state index contributed by atoms with van der Waals surface area (Å²) in [5.74, 6) is -3.81. The molecule has 0 aliphatic carbocycles. The average molecular weight is 279 g/mol. The first-order chi connectivity index (χ1) is 9.40. The van der Waals surface area contributed by atoms with Gasteiger partial charge in [-0.05, 0) is 5.56 Å². The molecule has 2 N–H and O–H groups in total. The molecule has 0 saturated carbocycles. The van der Waals surface area contributed by atoms with Gasteiger partial charge in [0.15, 0.2) is 0 Å². The Morgan fingerprint density at radius 2 is 1.75 bits per heavy atom. The van der Waals surface area contributed by atoms with Crippen molar-refractivity contribution in [1.82, 2.24) is 4.90 Å². The SMILES string of the molecule is CC(=O)N(Cc1ccccc1)C[C@H](CC(=O)O)C(=O)O. The maximum absolute atomic E-state index is 11.6. The van der Waals surface area contributed by atoms with Crippen LogP contribution in [0.4, 0.5) is 0 Å². The smallest absolute Gasteiger partial charge is 0.308 e. The van der Waals surface area contributed by atoms with Crippen LogP contribution in [0.25, 0.3) is 0 Å². The lowest BCUT2D eigenvalue weighted by atomic mass is 10.0. The summed E-state index contributed by atoms with van der Waals surface area (Å²) < 4.78 is 0. The van der Waals surface area contributed by atoms with E-state index in [0.717, 1.165) is 5.56 Å². The predicted molar refractivity (Wildman–Crippen MR) is 70.9 cm³/mol. The van der Waals surface area contributed by atoms with Gasteiger partial charge in [0.25, 0.3) is 0 Å². The van der Waals surface area contributed by atoms with Crippen LogP contribution in [0.1, 0.15) is 18.9 Å². The second-order valence-corrected chi connectivity index (χ2v) is 4.52. The van der Waals surface area contributed by atoms with Crippen LogP contribution in [0.2, 0.25) is 0 Å². The Morgan fingerprint density at radius 1 is 1.15 bits per heavy atom. The maximum atomic E-state index is 11.6. The second-order valence-electron chi connectivity index (χ2n) is 4.52. The van der Waals surface area contributed by atoms with E-state index in [1.54, 1.807) is 0 Å². The molecule has 20 heavy (non-hydrogen) atoms. The number of carbonyl (C=O) groups excluding carboxylic acids is 1. The van der Waals surface area contributed by atoms with Crippen molar-refractivity contribution in [2.24, 2.45) is 5.92 Å². The van der Waals surface area contributed by atoms with E-state index in [2.05, 4.69) is 0 Å². The Bertz CT molecular complexity index is 486. The summed E-state index contributed by atoms with van der Waals surface area (Å²) >= 11 is 0. The number of hydrogen-bond acceptors (Lipinski definition) is 3. The van der Waals surface area contributed by atoms with Crippen LogP contribution in [0.3, 0.4) is 0 Å². The number of amides is 1. The Kier molecular flexibility index (Phi) is 5.71. The van der Waals surface area contributed by atoms with Crippen molar-refractivity contribution in [3.63, 3.8) is 0 Å². The molecule has 0 heterocycles. The topological polar surface area (TPSA) is 94.9 Å². The molecule has 108 valence electrons. The number of carboxylic acids is 2. The minimum absolute atomic E-state index is 0.119. The number of benzene rings is 1. The van der Waals surface area contributed by atoms with Crippen molar-refractivity contribution in [3.05, 3.63) is 35.9 Å². The molecule has 0 aromatic heterocycles. The summed E-state index contributed by atoms with van der Waals surface area (Å²) in [6.07, 6.45) is -0.506. The predicted octanol–water partition coefficient (Wildman–Crippen LogP) is 1.21. The van der Waals surface area contributed by atoms with E-state index in [-0.39, 0.29) is 19.0 Å². The van der Waals surface area contributed by atoms with Gasteiger partial charge in [-0.15, -0.1) is 0 Å². The Labute approximate surface area is 116 Å². The van der Waals surface area contributed by atoms with Crippen molar-refractivity contribution in [2.75, 3.05) is 6.54 Å². The summed E-state index contributed by atoms with van der Waals surface area (Å²) in [5, 5.41) is 17.7. The van der Waals surface area contributed by atoms with E-state index in [9.17, 15) is 14.4 Å². The maximum Gasteiger partial charge on any atom is 0.308 e. The van der Waals surface area contributed by atoms with Gasteiger partial charge in [-0.3, -0.25) is 14.4 Å². The monoisotopic (exact) mass is 279 g/mol. The molecule has 1 amide bonds. The van der Waals surface area contributed by atoms with Gasteiger partial charge >= 0.3 is 11.9 Å². The summed E-state index contributed by atoms with van der Waals surface area (Å²) in [6, 6.07) is 9.12. The minimum Gasteiger partial charge on any atom is -0.481 e. The quantitative estimate of drug-likeness (QED) is 0.782. The van der Waals surface area contributed by atoms with Crippen LogP contribution in [-0.4, -0.2) is 39.5 Å². The van der Waals surface area contributed by atoms with Gasteiger partial charge in [0, 0.05) is 20.0 Å². The van der Waals surface area contributed by atoms with Crippen LogP contribution in [0.5, 0.6) is 0 Å². The van der Waals surface area contributed by atoms with Gasteiger partial charge in [-0.25, -0.2) is 0 Å². The summed E-state index contributed by atoms with van der Waals surface area (Å²) in [6.45, 7) is 1.48. The Morgan fingerprint density at radius 3 is 2.20 bits per heavy atom. The molecule has 0 radical (unpaired) electrons. The lowest BCUT2D eigenvalue weighted by molar-refractivity contribution is -0.150. The number of hydrogen-bond donors (Lipinski definition) is 2. The van der Waals surface area contributed by atoms with Crippen molar-refractivity contribution in [1.29, 1.82) is 0 Å². The van der Waals surface area contributed by atoms with Crippen molar-refractivity contribution >= 4 is 17.8 Å². The third-order valence-electron chi connectivity index (χ3n) is 2.87. The minimum atomic E-state index is -1.22. The number of aliphatic carboxylic acids is 2. The molecule has 0 fully saturated rings. The highest BCUT2D eigenvalue weighted by Gasteiger charge is 2.25. The van der Waals surface area contributed by atoms with Crippen LogP contribution in [0, 0.1) is 5.92 Å². The number of carboxylic acid groups (broad SMARTS) is 2. The lowest BCUT2D eigenvalue weighted by Crippen LogP contribution is -2.37. The molecule has 0 spiro atoms. The average Bonchev–Trinajstić information content (AvgIpc) is 2.37. The zero-order valence-electron chi connectivity index (χ0n) is 11.2. The molecule has 0 saturated heterocycles. The largest absolute Gasteiger partial charge is 0.481 e. The fraction of sp³-hybridized carbons (Fsp3) is 0.357. The molecule has 6 heteroatoms. The number of carbonyl (C=O) groups is 3. The van der Waals surface area contributed by atoms with Gasteiger partial charge in [-0.2, -0.15) is 0 Å². The van der Waals surface area contributed by atoms with E-state index < -0.39 is 24.3 Å². The lowest BCUT2D eigenvalue weighted by Gasteiger charge is -2.24. The van der Waals surface area contributed by atoms with E-state index >= 15 is 0 Å². The molecule has 0 aliphatic rings. The molecular weight excluding hydrogens is 262 g/mol. The highest BCUT2D eigenvalue weighted by molar-refractivity contribution is 5.79. The highest BCUT2D eigenvalue weighted by atomic mass is 16.4. The van der Waals surface area contributed by atoms with Gasteiger partial charge in [0.05, 0.1) is 12.3 Å². The van der Waals surface area contributed by atoms with Crippen LogP contribution in [-0.2, 0) is 20.9 Å². The van der Waals surface area contributed by atoms with Crippen LogP contribution >= 0.6 is 0 Å². The van der Waals surface area contributed by atoms with E-state index in [1.807, 2.05) is 30.3 Å². The number of nitrogens with zero attached hydrogens (tertiary/aromatic N) is 1. The first-order valence-electron chi connectivity index (χ1n) is 6.14. The molecule has 1 rings (SSSR count). The second kappa shape index (κ2) is 7.28. The molecule has 1 aromatic carbocycles. The van der Waals surface area contributed by atoms with E-state index in [0.29, 0.717) is 0 Å². The highest BCUT2D eigenvalue weighted by Crippen LogP contribution is 2.11. The normalized spacial score (nSPS) is 11.7. The molecule has 0 aliphatic heterocycles.